The van der Waals surface area contributed by atoms with Gasteiger partial charge in [-0.1, -0.05) is 6.92 Å². The minimum absolute atomic E-state index is 0.0574. The second-order valence-corrected chi connectivity index (χ2v) is 2.94. The van der Waals surface area contributed by atoms with Gasteiger partial charge in [0.2, 0.25) is 0 Å². The van der Waals surface area contributed by atoms with Crippen LogP contribution in [0.3, 0.4) is 0 Å². The number of hydrogen-bond donors (Lipinski definition) is 2. The summed E-state index contributed by atoms with van der Waals surface area (Å²) < 4.78 is 5.01. The monoisotopic (exact) mass is 182 g/mol. The maximum atomic E-state index is 8.92. The third-order valence-corrected chi connectivity index (χ3v) is 1.97. The van der Waals surface area contributed by atoms with Crippen molar-refractivity contribution in [3.8, 4) is 5.75 Å². The lowest BCUT2D eigenvalue weighted by Crippen LogP contribution is -2.02. The minimum atomic E-state index is 0.0574. The summed E-state index contributed by atoms with van der Waals surface area (Å²) in [5.41, 5.74) is 6.47. The van der Waals surface area contributed by atoms with Gasteiger partial charge in [0.05, 0.1) is 7.11 Å². The molecule has 1 atom stereocenters. The molecule has 4 heteroatoms. The molecule has 13 heavy (non-hydrogen) atoms. The van der Waals surface area contributed by atoms with E-state index in [1.54, 1.807) is 19.4 Å². The van der Waals surface area contributed by atoms with Gasteiger partial charge in [-0.3, -0.25) is 0 Å². The number of nitrogens with two attached hydrogens (primary N) is 1. The maximum Gasteiger partial charge on any atom is 0.166 e. The molecule has 0 aliphatic carbocycles. The largest absolute Gasteiger partial charge is 0.493 e. The first kappa shape index (κ1) is 9.80. The topological polar surface area (TPSA) is 68.4 Å². The van der Waals surface area contributed by atoms with E-state index in [-0.39, 0.29) is 12.5 Å². The van der Waals surface area contributed by atoms with Crippen LogP contribution in [0.4, 0.5) is 5.82 Å². The average molecular weight is 182 g/mol. The number of hydrogen-bond acceptors (Lipinski definition) is 4. The van der Waals surface area contributed by atoms with Crippen molar-refractivity contribution in [1.29, 1.82) is 0 Å². The van der Waals surface area contributed by atoms with Gasteiger partial charge >= 0.3 is 0 Å². The Morgan fingerprint density at radius 2 is 2.38 bits per heavy atom. The number of nitrogens with zero attached hydrogens (tertiary/aromatic N) is 1. The van der Waals surface area contributed by atoms with Gasteiger partial charge in [0.25, 0.3) is 0 Å². The molecule has 0 aliphatic rings. The number of pyridine rings is 1. The minimum Gasteiger partial charge on any atom is -0.493 e. The van der Waals surface area contributed by atoms with Crippen molar-refractivity contribution in [2.24, 2.45) is 0 Å². The number of nitrogen functional groups attached to an aromatic ring is 1. The van der Waals surface area contributed by atoms with E-state index in [9.17, 15) is 0 Å². The highest BCUT2D eigenvalue weighted by Gasteiger charge is 2.07. The van der Waals surface area contributed by atoms with E-state index in [2.05, 4.69) is 4.98 Å². The lowest BCUT2D eigenvalue weighted by atomic mass is 10.0. The molecule has 0 aromatic carbocycles. The molecule has 0 radical (unpaired) electrons. The number of aliphatic hydroxyl groups is 1. The van der Waals surface area contributed by atoms with E-state index < -0.39 is 0 Å². The molecule has 1 heterocycles. The summed E-state index contributed by atoms with van der Waals surface area (Å²) in [6, 6.07) is 1.79. The maximum absolute atomic E-state index is 8.92. The third-order valence-electron chi connectivity index (χ3n) is 1.97. The van der Waals surface area contributed by atoms with E-state index in [1.165, 1.54) is 0 Å². The lowest BCUT2D eigenvalue weighted by molar-refractivity contribution is 0.272. The normalized spacial score (nSPS) is 12.5. The Morgan fingerprint density at radius 1 is 1.69 bits per heavy atom. The Kier molecular flexibility index (Phi) is 3.08. The number of rotatable bonds is 3. The summed E-state index contributed by atoms with van der Waals surface area (Å²) in [5.74, 6) is 0.983. The highest BCUT2D eigenvalue weighted by Crippen LogP contribution is 2.23. The molecule has 0 saturated carbocycles. The summed E-state index contributed by atoms with van der Waals surface area (Å²) in [4.78, 5) is 3.96. The fraction of sp³-hybridized carbons (Fsp3) is 0.444. The van der Waals surface area contributed by atoms with Gasteiger partial charge in [-0.25, -0.2) is 4.98 Å². The van der Waals surface area contributed by atoms with Crippen molar-refractivity contribution in [1.82, 2.24) is 4.98 Å². The van der Waals surface area contributed by atoms with Gasteiger partial charge in [0, 0.05) is 18.7 Å². The molecule has 0 aliphatic heterocycles. The molecule has 1 rings (SSSR count). The van der Waals surface area contributed by atoms with Gasteiger partial charge in [0.15, 0.2) is 11.6 Å². The van der Waals surface area contributed by atoms with Crippen molar-refractivity contribution in [2.45, 2.75) is 12.8 Å². The summed E-state index contributed by atoms with van der Waals surface area (Å²) in [5, 5.41) is 8.92. The second-order valence-electron chi connectivity index (χ2n) is 2.94. The zero-order chi connectivity index (χ0) is 9.84. The van der Waals surface area contributed by atoms with Crippen LogP contribution in [-0.2, 0) is 0 Å². The van der Waals surface area contributed by atoms with Gasteiger partial charge < -0.3 is 15.6 Å². The Hall–Kier alpha value is -1.29. The third kappa shape index (κ3) is 2.09. The van der Waals surface area contributed by atoms with Crippen molar-refractivity contribution in [3.63, 3.8) is 0 Å². The smallest absolute Gasteiger partial charge is 0.166 e. The van der Waals surface area contributed by atoms with Crippen LogP contribution in [0.1, 0.15) is 18.4 Å². The molecule has 0 bridgehead atoms. The van der Waals surface area contributed by atoms with Crippen LogP contribution >= 0.6 is 0 Å². The standard InChI is InChI=1S/C9H14N2O2/c1-6(5-12)7-3-8(13-2)9(10)11-4-7/h3-4,6,12H,5H2,1-2H3,(H2,10,11). The van der Waals surface area contributed by atoms with E-state index >= 15 is 0 Å². The van der Waals surface area contributed by atoms with E-state index in [0.29, 0.717) is 11.6 Å². The van der Waals surface area contributed by atoms with Crippen LogP contribution in [0.25, 0.3) is 0 Å². The van der Waals surface area contributed by atoms with Crippen molar-refractivity contribution >= 4 is 5.82 Å². The first-order valence-electron chi connectivity index (χ1n) is 4.09. The Morgan fingerprint density at radius 3 is 2.92 bits per heavy atom. The molecule has 1 aromatic heterocycles. The first-order chi connectivity index (χ1) is 6.19. The van der Waals surface area contributed by atoms with E-state index in [4.69, 9.17) is 15.6 Å². The Labute approximate surface area is 77.4 Å². The van der Waals surface area contributed by atoms with Gasteiger partial charge in [0.1, 0.15) is 0 Å². The fourth-order valence-electron chi connectivity index (χ4n) is 1.01. The van der Waals surface area contributed by atoms with Crippen molar-refractivity contribution < 1.29 is 9.84 Å². The van der Waals surface area contributed by atoms with Crippen molar-refractivity contribution in [2.75, 3.05) is 19.5 Å². The molecule has 0 fully saturated rings. The predicted octanol–water partition coefficient (Wildman–Crippen LogP) is 0.768. The molecule has 0 saturated heterocycles. The molecule has 1 aromatic rings. The van der Waals surface area contributed by atoms with Gasteiger partial charge in [-0.2, -0.15) is 0 Å². The predicted molar refractivity (Wildman–Crippen MR) is 50.7 cm³/mol. The number of anilines is 1. The van der Waals surface area contributed by atoms with Gasteiger partial charge in [-0.15, -0.1) is 0 Å². The summed E-state index contributed by atoms with van der Waals surface area (Å²) in [7, 11) is 1.54. The lowest BCUT2D eigenvalue weighted by Gasteiger charge is -2.10. The average Bonchev–Trinajstić information content (AvgIpc) is 2.17. The molecule has 0 spiro atoms. The quantitative estimate of drug-likeness (QED) is 0.724. The summed E-state index contributed by atoms with van der Waals surface area (Å²) >= 11 is 0. The van der Waals surface area contributed by atoms with Crippen molar-refractivity contribution in [3.05, 3.63) is 17.8 Å². The van der Waals surface area contributed by atoms with Gasteiger partial charge in [-0.05, 0) is 11.6 Å². The number of aliphatic hydroxyl groups excluding tert-OH is 1. The number of aromatic nitrogens is 1. The molecule has 72 valence electrons. The molecule has 0 amide bonds. The van der Waals surface area contributed by atoms with Crippen LogP contribution in [0.2, 0.25) is 0 Å². The van der Waals surface area contributed by atoms with Crippen LogP contribution in [0.15, 0.2) is 12.3 Å². The molecule has 4 nitrogen and oxygen atoms in total. The van der Waals surface area contributed by atoms with Crippen LogP contribution < -0.4 is 10.5 Å². The molecule has 1 unspecified atom stereocenters. The zero-order valence-electron chi connectivity index (χ0n) is 7.82. The van der Waals surface area contributed by atoms with Crippen LogP contribution in [-0.4, -0.2) is 23.8 Å². The summed E-state index contributed by atoms with van der Waals surface area (Å²) in [6.07, 6.45) is 1.65. The van der Waals surface area contributed by atoms with E-state index in [1.807, 2.05) is 6.92 Å². The van der Waals surface area contributed by atoms with E-state index in [0.717, 1.165) is 5.56 Å². The zero-order valence-corrected chi connectivity index (χ0v) is 7.82. The molecular weight excluding hydrogens is 168 g/mol. The van der Waals surface area contributed by atoms with Crippen LogP contribution in [0, 0.1) is 0 Å². The summed E-state index contributed by atoms with van der Waals surface area (Å²) in [6.45, 7) is 2.00. The first-order valence-corrected chi connectivity index (χ1v) is 4.09. The molecular formula is C9H14N2O2. The second kappa shape index (κ2) is 4.09. The number of ether oxygens (including phenoxy) is 1. The highest BCUT2D eigenvalue weighted by molar-refractivity contribution is 5.47. The van der Waals surface area contributed by atoms with Crippen LogP contribution in [0.5, 0.6) is 5.75 Å². The number of methoxy groups -OCH3 is 1. The Balaban J connectivity index is 2.99. The molecule has 3 N–H and O–H groups in total. The fourth-order valence-corrected chi connectivity index (χ4v) is 1.01. The Bertz CT molecular complexity index is 289. The highest BCUT2D eigenvalue weighted by atomic mass is 16.5. The SMILES string of the molecule is COc1cc(C(C)CO)cnc1N.